The van der Waals surface area contributed by atoms with E-state index in [1.165, 1.54) is 6.20 Å². The van der Waals surface area contributed by atoms with Gasteiger partial charge in [-0.2, -0.15) is 0 Å². The third-order valence-electron chi connectivity index (χ3n) is 3.33. The molecule has 0 aliphatic carbocycles. The van der Waals surface area contributed by atoms with Gasteiger partial charge in [0.25, 0.3) is 0 Å². The first-order valence-corrected chi connectivity index (χ1v) is 8.09. The molecule has 0 fully saturated rings. The van der Waals surface area contributed by atoms with E-state index in [1.807, 2.05) is 6.07 Å². The Balaban J connectivity index is 1.90. The molecule has 0 saturated heterocycles. The summed E-state index contributed by atoms with van der Waals surface area (Å²) in [6, 6.07) is 4.69. The van der Waals surface area contributed by atoms with E-state index in [0.29, 0.717) is 18.1 Å². The van der Waals surface area contributed by atoms with Gasteiger partial charge < -0.3 is 4.74 Å². The van der Waals surface area contributed by atoms with Gasteiger partial charge in [0.15, 0.2) is 0 Å². The molecule has 0 bridgehead atoms. The molecule has 0 amide bonds. The first kappa shape index (κ1) is 14.0. The van der Waals surface area contributed by atoms with Crippen molar-refractivity contribution in [3.8, 4) is 5.75 Å². The fraction of sp³-hybridized carbons (Fsp3) is 0.286. The van der Waals surface area contributed by atoms with Gasteiger partial charge in [0, 0.05) is 25.0 Å². The van der Waals surface area contributed by atoms with Crippen LogP contribution in [-0.2, 0) is 16.4 Å². The van der Waals surface area contributed by atoms with Crippen molar-refractivity contribution >= 4 is 10.0 Å². The molecule has 7 heteroatoms. The molecule has 110 valence electrons. The summed E-state index contributed by atoms with van der Waals surface area (Å²) < 4.78 is 33.1. The van der Waals surface area contributed by atoms with Gasteiger partial charge in [-0.25, -0.2) is 13.1 Å². The fourth-order valence-corrected chi connectivity index (χ4v) is 3.69. The second-order valence-corrected chi connectivity index (χ2v) is 6.50. The first-order valence-electron chi connectivity index (χ1n) is 6.61. The molecule has 1 aliphatic heterocycles. The minimum Gasteiger partial charge on any atom is -0.492 e. The van der Waals surface area contributed by atoms with Crippen molar-refractivity contribution in [3.63, 3.8) is 0 Å². The van der Waals surface area contributed by atoms with Crippen molar-refractivity contribution in [2.75, 3.05) is 6.61 Å². The Morgan fingerprint density at radius 3 is 2.95 bits per heavy atom. The molecular formula is C14H15N3O3S. The van der Waals surface area contributed by atoms with Crippen molar-refractivity contribution in [1.82, 2.24) is 14.7 Å². The van der Waals surface area contributed by atoms with E-state index in [2.05, 4.69) is 14.7 Å². The van der Waals surface area contributed by atoms with Crippen LogP contribution in [0.5, 0.6) is 5.75 Å². The zero-order chi connectivity index (χ0) is 14.9. The van der Waals surface area contributed by atoms with E-state index in [0.717, 1.165) is 12.0 Å². The zero-order valence-electron chi connectivity index (χ0n) is 11.5. The van der Waals surface area contributed by atoms with Gasteiger partial charge in [0.05, 0.1) is 18.3 Å². The van der Waals surface area contributed by atoms with Crippen LogP contribution in [0.1, 0.15) is 24.2 Å². The van der Waals surface area contributed by atoms with Crippen molar-refractivity contribution in [2.24, 2.45) is 0 Å². The molecule has 0 spiro atoms. The topological polar surface area (TPSA) is 81.2 Å². The molecule has 0 radical (unpaired) electrons. The summed E-state index contributed by atoms with van der Waals surface area (Å²) in [6.45, 7) is 2.24. The molecule has 21 heavy (non-hydrogen) atoms. The molecule has 1 aromatic heterocycles. The summed E-state index contributed by atoms with van der Waals surface area (Å²) in [7, 11) is -3.68. The number of para-hydroxylation sites is 1. The minimum atomic E-state index is -3.68. The number of rotatable bonds is 4. The minimum absolute atomic E-state index is 0.174. The van der Waals surface area contributed by atoms with Gasteiger partial charge in [-0.1, -0.05) is 12.1 Å². The highest BCUT2D eigenvalue weighted by Gasteiger charge is 2.26. The average Bonchev–Trinajstić information content (AvgIpc) is 2.95. The van der Waals surface area contributed by atoms with Gasteiger partial charge in [-0.05, 0) is 18.6 Å². The molecule has 6 nitrogen and oxygen atoms in total. The Kier molecular flexibility index (Phi) is 3.60. The van der Waals surface area contributed by atoms with Gasteiger partial charge in [-0.3, -0.25) is 9.97 Å². The van der Waals surface area contributed by atoms with Crippen LogP contribution in [0.4, 0.5) is 0 Å². The normalized spacial score (nSPS) is 15.3. The molecular weight excluding hydrogens is 290 g/mol. The van der Waals surface area contributed by atoms with E-state index >= 15 is 0 Å². The van der Waals surface area contributed by atoms with E-state index in [-0.39, 0.29) is 4.90 Å². The van der Waals surface area contributed by atoms with Crippen molar-refractivity contribution in [2.45, 2.75) is 24.3 Å². The lowest BCUT2D eigenvalue weighted by molar-refractivity contribution is 0.348. The highest BCUT2D eigenvalue weighted by Crippen LogP contribution is 2.33. The summed E-state index contributed by atoms with van der Waals surface area (Å²) >= 11 is 0. The Morgan fingerprint density at radius 1 is 1.33 bits per heavy atom. The van der Waals surface area contributed by atoms with Crippen molar-refractivity contribution in [3.05, 3.63) is 48.0 Å². The quantitative estimate of drug-likeness (QED) is 0.924. The lowest BCUT2D eigenvalue weighted by Gasteiger charge is -2.15. The number of hydrogen-bond acceptors (Lipinski definition) is 5. The summed E-state index contributed by atoms with van der Waals surface area (Å²) in [6.07, 6.45) is 5.35. The fourth-order valence-electron chi connectivity index (χ4n) is 2.29. The monoisotopic (exact) mass is 305 g/mol. The number of fused-ring (bicyclic) bond motifs is 1. The number of hydrogen-bond donors (Lipinski definition) is 1. The number of nitrogens with one attached hydrogen (secondary N) is 1. The smallest absolute Gasteiger partial charge is 0.244 e. The Morgan fingerprint density at radius 2 is 2.19 bits per heavy atom. The first-order chi connectivity index (χ1) is 10.1. The van der Waals surface area contributed by atoms with Crippen LogP contribution in [-0.4, -0.2) is 25.0 Å². The van der Waals surface area contributed by atoms with Gasteiger partial charge in [0.2, 0.25) is 10.0 Å². The van der Waals surface area contributed by atoms with E-state index in [1.54, 1.807) is 31.5 Å². The van der Waals surface area contributed by atoms with Gasteiger partial charge >= 0.3 is 0 Å². The molecule has 1 aromatic carbocycles. The van der Waals surface area contributed by atoms with E-state index < -0.39 is 16.1 Å². The van der Waals surface area contributed by atoms with Gasteiger partial charge in [-0.15, -0.1) is 0 Å². The third-order valence-corrected chi connectivity index (χ3v) is 4.89. The standard InChI is InChI=1S/C14H15N3O3S/c1-10(12-9-15-6-7-16-12)17-21(18,19)13-4-2-3-11-5-8-20-14(11)13/h2-4,6-7,9-10,17H,5,8H2,1H3/t10-/m1/s1. The highest BCUT2D eigenvalue weighted by atomic mass is 32.2. The maximum atomic E-state index is 12.5. The molecule has 0 unspecified atom stereocenters. The molecule has 1 N–H and O–H groups in total. The lowest BCUT2D eigenvalue weighted by Crippen LogP contribution is -2.27. The maximum Gasteiger partial charge on any atom is 0.244 e. The zero-order valence-corrected chi connectivity index (χ0v) is 12.3. The molecule has 3 rings (SSSR count). The SMILES string of the molecule is C[C@@H](NS(=O)(=O)c1cccc2c1OCC2)c1cnccn1. The second-order valence-electron chi connectivity index (χ2n) is 4.82. The maximum absolute atomic E-state index is 12.5. The van der Waals surface area contributed by atoms with Crippen LogP contribution in [0.25, 0.3) is 0 Å². The van der Waals surface area contributed by atoms with Crippen LogP contribution in [0.2, 0.25) is 0 Å². The number of ether oxygens (including phenoxy) is 1. The number of benzene rings is 1. The Bertz CT molecular complexity index is 747. The van der Waals surface area contributed by atoms with Crippen LogP contribution < -0.4 is 9.46 Å². The van der Waals surface area contributed by atoms with Crippen LogP contribution in [0.15, 0.2) is 41.7 Å². The predicted octanol–water partition coefficient (Wildman–Crippen LogP) is 1.45. The molecule has 0 saturated carbocycles. The predicted molar refractivity (Wildman–Crippen MR) is 76.4 cm³/mol. The molecule has 1 atom stereocenters. The van der Waals surface area contributed by atoms with Crippen molar-refractivity contribution in [1.29, 1.82) is 0 Å². The highest BCUT2D eigenvalue weighted by molar-refractivity contribution is 7.89. The van der Waals surface area contributed by atoms with Crippen LogP contribution in [0.3, 0.4) is 0 Å². The summed E-state index contributed by atoms with van der Waals surface area (Å²) in [5.41, 5.74) is 1.49. The van der Waals surface area contributed by atoms with Crippen LogP contribution >= 0.6 is 0 Å². The average molecular weight is 305 g/mol. The number of aromatic nitrogens is 2. The second kappa shape index (κ2) is 5.42. The molecule has 1 aliphatic rings. The lowest BCUT2D eigenvalue weighted by atomic mass is 10.2. The Labute approximate surface area is 123 Å². The number of sulfonamides is 1. The van der Waals surface area contributed by atoms with E-state index in [9.17, 15) is 8.42 Å². The van der Waals surface area contributed by atoms with Crippen LogP contribution in [0, 0.1) is 0 Å². The molecule has 2 heterocycles. The summed E-state index contributed by atoms with van der Waals surface area (Å²) in [5, 5.41) is 0. The third kappa shape index (κ3) is 2.74. The summed E-state index contributed by atoms with van der Waals surface area (Å²) in [5.74, 6) is 0.455. The summed E-state index contributed by atoms with van der Waals surface area (Å²) in [4.78, 5) is 8.23. The number of nitrogens with zero attached hydrogens (tertiary/aromatic N) is 2. The Hall–Kier alpha value is -1.99. The van der Waals surface area contributed by atoms with E-state index in [4.69, 9.17) is 4.74 Å². The van der Waals surface area contributed by atoms with Crippen molar-refractivity contribution < 1.29 is 13.2 Å². The largest absolute Gasteiger partial charge is 0.492 e. The van der Waals surface area contributed by atoms with Gasteiger partial charge in [0.1, 0.15) is 10.6 Å². The molecule has 2 aromatic rings.